The molecule has 7 heteroatoms. The van der Waals surface area contributed by atoms with Gasteiger partial charge in [-0.15, -0.1) is 11.8 Å². The number of rotatable bonds is 2. The molecule has 1 heterocycles. The molecule has 0 fully saturated rings. The minimum absolute atomic E-state index is 0.0179. The Labute approximate surface area is 78.9 Å². The first-order chi connectivity index (χ1) is 6.06. The topological polar surface area (TPSA) is 121 Å². The van der Waals surface area contributed by atoms with E-state index in [-0.39, 0.29) is 17.3 Å². The molecule has 0 aliphatic heterocycles. The summed E-state index contributed by atoms with van der Waals surface area (Å²) in [6, 6.07) is 0. The number of hydrogen-bond acceptors (Lipinski definition) is 6. The number of aromatic nitrogens is 2. The maximum Gasteiger partial charge on any atom is 0.255 e. The van der Waals surface area contributed by atoms with Gasteiger partial charge in [-0.1, -0.05) is 0 Å². The van der Waals surface area contributed by atoms with Crippen molar-refractivity contribution in [2.75, 3.05) is 17.7 Å². The fraction of sp³-hybridized carbons (Fsp3) is 0.167. The number of nitrogens with two attached hydrogens (primary N) is 3. The number of hydrogen-bond donors (Lipinski definition) is 3. The van der Waals surface area contributed by atoms with Gasteiger partial charge in [-0.2, -0.15) is 4.98 Å². The van der Waals surface area contributed by atoms with Crippen LogP contribution in [0.15, 0.2) is 5.03 Å². The summed E-state index contributed by atoms with van der Waals surface area (Å²) in [6.45, 7) is 0. The Morgan fingerprint density at radius 3 is 2.46 bits per heavy atom. The van der Waals surface area contributed by atoms with Crippen LogP contribution in [0.25, 0.3) is 0 Å². The van der Waals surface area contributed by atoms with Crippen LogP contribution in [0.2, 0.25) is 0 Å². The molecule has 0 aliphatic rings. The van der Waals surface area contributed by atoms with E-state index in [9.17, 15) is 4.79 Å². The quantitative estimate of drug-likeness (QED) is 0.434. The highest BCUT2D eigenvalue weighted by atomic mass is 32.2. The molecule has 1 aromatic rings. The molecule has 0 bridgehead atoms. The van der Waals surface area contributed by atoms with Crippen molar-refractivity contribution in [3.05, 3.63) is 5.56 Å². The summed E-state index contributed by atoms with van der Waals surface area (Å²) in [7, 11) is 0. The number of nitrogen functional groups attached to an aromatic ring is 2. The van der Waals surface area contributed by atoms with E-state index in [1.807, 2.05) is 0 Å². The van der Waals surface area contributed by atoms with Gasteiger partial charge in [0.05, 0.1) is 0 Å². The van der Waals surface area contributed by atoms with Crippen molar-refractivity contribution in [1.82, 2.24) is 9.97 Å². The van der Waals surface area contributed by atoms with Crippen LogP contribution in [0, 0.1) is 0 Å². The summed E-state index contributed by atoms with van der Waals surface area (Å²) in [5, 5.41) is 0.400. The zero-order valence-electron chi connectivity index (χ0n) is 6.94. The second-order valence-corrected chi connectivity index (χ2v) is 3.01. The molecule has 0 radical (unpaired) electrons. The highest BCUT2D eigenvalue weighted by molar-refractivity contribution is 7.98. The average molecular weight is 199 g/mol. The molecule has 70 valence electrons. The summed E-state index contributed by atoms with van der Waals surface area (Å²) < 4.78 is 0. The van der Waals surface area contributed by atoms with E-state index in [1.54, 1.807) is 6.26 Å². The van der Waals surface area contributed by atoms with E-state index in [1.165, 1.54) is 11.8 Å². The first-order valence-corrected chi connectivity index (χ1v) is 4.55. The van der Waals surface area contributed by atoms with E-state index in [0.717, 1.165) is 0 Å². The van der Waals surface area contributed by atoms with E-state index in [0.29, 0.717) is 5.03 Å². The fourth-order valence-electron chi connectivity index (χ4n) is 0.853. The SMILES string of the molecule is CSc1nc(N)nc(N)c1C(N)=O. The maximum absolute atomic E-state index is 10.9. The summed E-state index contributed by atoms with van der Waals surface area (Å²) >= 11 is 1.24. The molecule has 1 aromatic heterocycles. The third kappa shape index (κ3) is 1.81. The Bertz CT molecular complexity index is 353. The highest BCUT2D eigenvalue weighted by Gasteiger charge is 2.15. The van der Waals surface area contributed by atoms with Gasteiger partial charge in [-0.25, -0.2) is 4.98 Å². The average Bonchev–Trinajstić information content (AvgIpc) is 2.01. The van der Waals surface area contributed by atoms with Crippen molar-refractivity contribution in [2.24, 2.45) is 5.73 Å². The van der Waals surface area contributed by atoms with Gasteiger partial charge in [0.25, 0.3) is 5.91 Å². The zero-order valence-corrected chi connectivity index (χ0v) is 7.76. The molecule has 1 amide bonds. The van der Waals surface area contributed by atoms with Crippen LogP contribution in [-0.4, -0.2) is 22.1 Å². The number of thioether (sulfide) groups is 1. The molecular weight excluding hydrogens is 190 g/mol. The van der Waals surface area contributed by atoms with Gasteiger partial charge < -0.3 is 17.2 Å². The number of primary amides is 1. The van der Waals surface area contributed by atoms with Gasteiger partial charge in [0.2, 0.25) is 5.95 Å². The van der Waals surface area contributed by atoms with Crippen LogP contribution < -0.4 is 17.2 Å². The molecule has 0 spiro atoms. The highest BCUT2D eigenvalue weighted by Crippen LogP contribution is 2.22. The minimum atomic E-state index is -0.651. The number of anilines is 2. The maximum atomic E-state index is 10.9. The molecule has 0 atom stereocenters. The normalized spacial score (nSPS) is 9.92. The largest absolute Gasteiger partial charge is 0.383 e. The first-order valence-electron chi connectivity index (χ1n) is 3.33. The summed E-state index contributed by atoms with van der Waals surface area (Å²) in [4.78, 5) is 18.4. The lowest BCUT2D eigenvalue weighted by atomic mass is 10.3. The zero-order chi connectivity index (χ0) is 10.0. The van der Waals surface area contributed by atoms with Crippen LogP contribution in [-0.2, 0) is 0 Å². The predicted octanol–water partition coefficient (Wildman–Crippen LogP) is -0.538. The molecule has 0 saturated heterocycles. The van der Waals surface area contributed by atoms with Crippen molar-refractivity contribution < 1.29 is 4.79 Å². The number of carbonyl (C=O) groups is 1. The molecule has 13 heavy (non-hydrogen) atoms. The van der Waals surface area contributed by atoms with Crippen molar-refractivity contribution >= 4 is 29.4 Å². The van der Waals surface area contributed by atoms with Crippen LogP contribution >= 0.6 is 11.8 Å². The monoisotopic (exact) mass is 199 g/mol. The Morgan fingerprint density at radius 1 is 1.38 bits per heavy atom. The van der Waals surface area contributed by atoms with E-state index < -0.39 is 5.91 Å². The smallest absolute Gasteiger partial charge is 0.255 e. The van der Waals surface area contributed by atoms with E-state index in [2.05, 4.69) is 9.97 Å². The first kappa shape index (κ1) is 9.59. The number of carbonyl (C=O) groups excluding carboxylic acids is 1. The molecule has 6 nitrogen and oxygen atoms in total. The lowest BCUT2D eigenvalue weighted by Gasteiger charge is -2.05. The van der Waals surface area contributed by atoms with Gasteiger partial charge in [0, 0.05) is 0 Å². The third-order valence-corrected chi connectivity index (χ3v) is 2.04. The van der Waals surface area contributed by atoms with Gasteiger partial charge in [-0.05, 0) is 6.26 Å². The molecule has 1 rings (SSSR count). The molecule has 6 N–H and O–H groups in total. The van der Waals surface area contributed by atoms with Crippen LogP contribution in [0.5, 0.6) is 0 Å². The van der Waals surface area contributed by atoms with Crippen molar-refractivity contribution in [1.29, 1.82) is 0 Å². The van der Waals surface area contributed by atoms with Crippen molar-refractivity contribution in [2.45, 2.75) is 5.03 Å². The van der Waals surface area contributed by atoms with Crippen molar-refractivity contribution in [3.8, 4) is 0 Å². The Morgan fingerprint density at radius 2 is 2.00 bits per heavy atom. The Balaban J connectivity index is 3.38. The second kappa shape index (κ2) is 3.48. The van der Waals surface area contributed by atoms with Gasteiger partial charge >= 0.3 is 0 Å². The molecule has 0 unspecified atom stereocenters. The third-order valence-electron chi connectivity index (χ3n) is 1.36. The Kier molecular flexibility index (Phi) is 2.57. The van der Waals surface area contributed by atoms with Gasteiger partial charge in [-0.3, -0.25) is 4.79 Å². The lowest BCUT2D eigenvalue weighted by Crippen LogP contribution is -2.17. The number of amides is 1. The number of nitrogens with zero attached hydrogens (tertiary/aromatic N) is 2. The summed E-state index contributed by atoms with van der Waals surface area (Å²) in [5.41, 5.74) is 16.0. The van der Waals surface area contributed by atoms with Crippen LogP contribution in [0.1, 0.15) is 10.4 Å². The molecule has 0 saturated carbocycles. The van der Waals surface area contributed by atoms with Gasteiger partial charge in [0.1, 0.15) is 16.4 Å². The predicted molar refractivity (Wildman–Crippen MR) is 51.2 cm³/mol. The fourth-order valence-corrected chi connectivity index (χ4v) is 1.45. The van der Waals surface area contributed by atoms with E-state index in [4.69, 9.17) is 17.2 Å². The van der Waals surface area contributed by atoms with Crippen LogP contribution in [0.3, 0.4) is 0 Å². The standard InChI is InChI=1S/C6H9N5OS/c1-13-5-2(4(8)12)3(7)10-6(9)11-5/h1H3,(H2,8,12)(H4,7,9,10,11). The van der Waals surface area contributed by atoms with E-state index >= 15 is 0 Å². The second-order valence-electron chi connectivity index (χ2n) is 2.22. The summed E-state index contributed by atoms with van der Waals surface area (Å²) in [5.74, 6) is -0.599. The molecule has 0 aromatic carbocycles. The minimum Gasteiger partial charge on any atom is -0.383 e. The van der Waals surface area contributed by atoms with Gasteiger partial charge in [0.15, 0.2) is 0 Å². The lowest BCUT2D eigenvalue weighted by molar-refractivity contribution is 0.0997. The van der Waals surface area contributed by atoms with Crippen molar-refractivity contribution in [3.63, 3.8) is 0 Å². The van der Waals surface area contributed by atoms with Crippen LogP contribution in [0.4, 0.5) is 11.8 Å². The molecule has 0 aliphatic carbocycles. The Hall–Kier alpha value is -1.50. The molecular formula is C6H9N5OS. The summed E-state index contributed by atoms with van der Waals surface area (Å²) in [6.07, 6.45) is 1.74.